The first kappa shape index (κ1) is 10.6. The molecule has 1 aromatic heterocycles. The van der Waals surface area contributed by atoms with E-state index in [0.717, 1.165) is 32.4 Å². The van der Waals surface area contributed by atoms with Gasteiger partial charge in [0.05, 0.1) is 18.8 Å². The van der Waals surface area contributed by atoms with Gasteiger partial charge in [0.25, 0.3) is 0 Å². The van der Waals surface area contributed by atoms with Gasteiger partial charge in [0.15, 0.2) is 0 Å². The van der Waals surface area contributed by atoms with Crippen molar-refractivity contribution < 1.29 is 9.84 Å². The van der Waals surface area contributed by atoms with Crippen LogP contribution in [-0.2, 0) is 17.7 Å². The summed E-state index contributed by atoms with van der Waals surface area (Å²) < 4.78 is 7.49. The van der Waals surface area contributed by atoms with E-state index >= 15 is 0 Å². The Hall–Kier alpha value is -0.870. The van der Waals surface area contributed by atoms with Crippen LogP contribution < -0.4 is 0 Å². The van der Waals surface area contributed by atoms with E-state index in [4.69, 9.17) is 9.84 Å². The molecule has 84 valence electrons. The number of aromatic nitrogens is 2. The molecule has 4 heteroatoms. The maximum atomic E-state index is 8.72. The summed E-state index contributed by atoms with van der Waals surface area (Å²) in [6, 6.07) is 0. The van der Waals surface area contributed by atoms with Gasteiger partial charge in [-0.2, -0.15) is 5.10 Å². The lowest BCUT2D eigenvalue weighted by Gasteiger charge is -2.08. The molecule has 1 N–H and O–H groups in total. The average Bonchev–Trinajstić information content (AvgIpc) is 2.87. The highest BCUT2D eigenvalue weighted by molar-refractivity contribution is 5.03. The summed E-state index contributed by atoms with van der Waals surface area (Å²) in [4.78, 5) is 0. The Morgan fingerprint density at radius 1 is 1.60 bits per heavy atom. The smallest absolute Gasteiger partial charge is 0.0771 e. The van der Waals surface area contributed by atoms with Gasteiger partial charge in [0, 0.05) is 19.4 Å². The predicted molar refractivity (Wildman–Crippen MR) is 56.6 cm³/mol. The maximum absolute atomic E-state index is 8.72. The SMILES string of the molecule is OCCCc1cnn(C[C@@H]2CCCO2)c1. The Bertz CT molecular complexity index is 293. The van der Waals surface area contributed by atoms with Crippen molar-refractivity contribution in [3.05, 3.63) is 18.0 Å². The molecule has 2 heterocycles. The third-order valence-corrected chi connectivity index (χ3v) is 2.72. The summed E-state index contributed by atoms with van der Waals surface area (Å²) in [7, 11) is 0. The molecule has 1 aliphatic rings. The van der Waals surface area contributed by atoms with Crippen LogP contribution >= 0.6 is 0 Å². The molecule has 0 amide bonds. The van der Waals surface area contributed by atoms with Crippen LogP contribution in [0.15, 0.2) is 12.4 Å². The van der Waals surface area contributed by atoms with Crippen LogP contribution in [-0.4, -0.2) is 34.2 Å². The predicted octanol–water partition coefficient (Wildman–Crippen LogP) is 0.987. The van der Waals surface area contributed by atoms with Crippen molar-refractivity contribution in [2.24, 2.45) is 0 Å². The molecule has 1 saturated heterocycles. The summed E-state index contributed by atoms with van der Waals surface area (Å²) in [5.41, 5.74) is 1.20. The number of aryl methyl sites for hydroxylation is 1. The molecule has 0 aliphatic carbocycles. The Balaban J connectivity index is 1.83. The third kappa shape index (κ3) is 3.04. The molecule has 0 unspecified atom stereocenters. The van der Waals surface area contributed by atoms with E-state index in [2.05, 4.69) is 11.3 Å². The van der Waals surface area contributed by atoms with E-state index in [1.54, 1.807) is 0 Å². The first-order valence-electron chi connectivity index (χ1n) is 5.62. The largest absolute Gasteiger partial charge is 0.396 e. The van der Waals surface area contributed by atoms with Crippen molar-refractivity contribution >= 4 is 0 Å². The van der Waals surface area contributed by atoms with E-state index < -0.39 is 0 Å². The lowest BCUT2D eigenvalue weighted by atomic mass is 10.2. The molecule has 0 saturated carbocycles. The summed E-state index contributed by atoms with van der Waals surface area (Å²) in [6.45, 7) is 2.00. The monoisotopic (exact) mass is 210 g/mol. The fourth-order valence-electron chi connectivity index (χ4n) is 1.92. The zero-order valence-corrected chi connectivity index (χ0v) is 8.93. The van der Waals surface area contributed by atoms with Crippen molar-refractivity contribution in [3.63, 3.8) is 0 Å². The van der Waals surface area contributed by atoms with Crippen LogP contribution in [0.1, 0.15) is 24.8 Å². The van der Waals surface area contributed by atoms with Crippen molar-refractivity contribution in [2.45, 2.75) is 38.3 Å². The zero-order valence-electron chi connectivity index (χ0n) is 8.93. The number of aliphatic hydroxyl groups excluding tert-OH is 1. The second kappa shape index (κ2) is 5.28. The molecular formula is C11H18N2O2. The zero-order chi connectivity index (χ0) is 10.5. The van der Waals surface area contributed by atoms with Gasteiger partial charge in [-0.1, -0.05) is 0 Å². The lowest BCUT2D eigenvalue weighted by Crippen LogP contribution is -2.15. The number of hydrogen-bond acceptors (Lipinski definition) is 3. The van der Waals surface area contributed by atoms with Crippen LogP contribution in [0.3, 0.4) is 0 Å². The molecule has 15 heavy (non-hydrogen) atoms. The van der Waals surface area contributed by atoms with E-state index in [-0.39, 0.29) is 6.61 Å². The highest BCUT2D eigenvalue weighted by Crippen LogP contribution is 2.14. The van der Waals surface area contributed by atoms with Gasteiger partial charge in [-0.25, -0.2) is 0 Å². The van der Waals surface area contributed by atoms with Crippen LogP contribution in [0.2, 0.25) is 0 Å². The molecule has 0 spiro atoms. The maximum Gasteiger partial charge on any atom is 0.0771 e. The summed E-state index contributed by atoms with van der Waals surface area (Å²) >= 11 is 0. The molecule has 1 aromatic rings. The normalized spacial score (nSPS) is 21.0. The van der Waals surface area contributed by atoms with Crippen molar-refractivity contribution in [1.29, 1.82) is 0 Å². The Morgan fingerprint density at radius 2 is 2.53 bits per heavy atom. The number of hydrogen-bond donors (Lipinski definition) is 1. The second-order valence-electron chi connectivity index (χ2n) is 4.03. The van der Waals surface area contributed by atoms with E-state index in [9.17, 15) is 0 Å². The van der Waals surface area contributed by atoms with E-state index in [0.29, 0.717) is 6.10 Å². The van der Waals surface area contributed by atoms with E-state index in [1.165, 1.54) is 12.0 Å². The van der Waals surface area contributed by atoms with Gasteiger partial charge in [-0.3, -0.25) is 4.68 Å². The molecule has 0 aromatic carbocycles. The summed E-state index contributed by atoms with van der Waals surface area (Å²) in [5.74, 6) is 0. The molecular weight excluding hydrogens is 192 g/mol. The topological polar surface area (TPSA) is 47.3 Å². The van der Waals surface area contributed by atoms with Crippen LogP contribution in [0, 0.1) is 0 Å². The Kier molecular flexibility index (Phi) is 3.75. The van der Waals surface area contributed by atoms with Gasteiger partial charge in [-0.15, -0.1) is 0 Å². The fraction of sp³-hybridized carbons (Fsp3) is 0.727. The highest BCUT2D eigenvalue weighted by atomic mass is 16.5. The molecule has 0 radical (unpaired) electrons. The minimum absolute atomic E-state index is 0.247. The molecule has 0 bridgehead atoms. The van der Waals surface area contributed by atoms with Gasteiger partial charge < -0.3 is 9.84 Å². The van der Waals surface area contributed by atoms with Crippen molar-refractivity contribution in [3.8, 4) is 0 Å². The van der Waals surface area contributed by atoms with Gasteiger partial charge in [0.2, 0.25) is 0 Å². The highest BCUT2D eigenvalue weighted by Gasteiger charge is 2.16. The third-order valence-electron chi connectivity index (χ3n) is 2.72. The second-order valence-corrected chi connectivity index (χ2v) is 4.03. The lowest BCUT2D eigenvalue weighted by molar-refractivity contribution is 0.0940. The van der Waals surface area contributed by atoms with Gasteiger partial charge in [-0.05, 0) is 31.2 Å². The van der Waals surface area contributed by atoms with Crippen LogP contribution in [0.4, 0.5) is 0 Å². The Labute approximate surface area is 89.9 Å². The molecule has 1 atom stereocenters. The van der Waals surface area contributed by atoms with E-state index in [1.807, 2.05) is 10.9 Å². The molecule has 1 fully saturated rings. The fourth-order valence-corrected chi connectivity index (χ4v) is 1.92. The van der Waals surface area contributed by atoms with Gasteiger partial charge in [0.1, 0.15) is 0 Å². The van der Waals surface area contributed by atoms with Crippen molar-refractivity contribution in [1.82, 2.24) is 9.78 Å². The number of nitrogens with zero attached hydrogens (tertiary/aromatic N) is 2. The minimum atomic E-state index is 0.247. The molecule has 2 rings (SSSR count). The summed E-state index contributed by atoms with van der Waals surface area (Å²) in [5, 5.41) is 13.0. The first-order valence-corrected chi connectivity index (χ1v) is 5.62. The minimum Gasteiger partial charge on any atom is -0.396 e. The van der Waals surface area contributed by atoms with Crippen molar-refractivity contribution in [2.75, 3.05) is 13.2 Å². The Morgan fingerprint density at radius 3 is 3.27 bits per heavy atom. The van der Waals surface area contributed by atoms with Crippen LogP contribution in [0.5, 0.6) is 0 Å². The summed E-state index contributed by atoms with van der Waals surface area (Å²) in [6.07, 6.45) is 8.31. The molecule has 1 aliphatic heterocycles. The molecule has 4 nitrogen and oxygen atoms in total. The quantitative estimate of drug-likeness (QED) is 0.788. The number of rotatable bonds is 5. The van der Waals surface area contributed by atoms with Gasteiger partial charge >= 0.3 is 0 Å². The average molecular weight is 210 g/mol. The number of ether oxygens (including phenoxy) is 1. The van der Waals surface area contributed by atoms with Crippen LogP contribution in [0.25, 0.3) is 0 Å². The first-order chi connectivity index (χ1) is 7.38. The standard InChI is InChI=1S/C11H18N2O2/c14-5-1-3-10-7-12-13(8-10)9-11-4-2-6-15-11/h7-8,11,14H,1-6,9H2/t11-/m0/s1. The number of aliphatic hydroxyl groups is 1.